The number of imidazole rings is 2. The van der Waals surface area contributed by atoms with Crippen LogP contribution < -0.4 is 26.4 Å². The predicted octanol–water partition coefficient (Wildman–Crippen LogP) is 1.81. The molecule has 7 rings (SSSR count). The first-order valence-corrected chi connectivity index (χ1v) is 15.5. The third-order valence-electron chi connectivity index (χ3n) is 8.37. The summed E-state index contributed by atoms with van der Waals surface area (Å²) in [4.78, 5) is 43.6. The number of amides is 1. The van der Waals surface area contributed by atoms with Gasteiger partial charge in [-0.25, -0.2) is 29.3 Å². The average molecular weight is 626 g/mol. The number of carbonyl (C=O) groups excluding carboxylic acids is 1. The number of likely N-dealkylation sites (tertiary alicyclic amines) is 1. The van der Waals surface area contributed by atoms with Crippen LogP contribution in [0.5, 0.6) is 0 Å². The van der Waals surface area contributed by atoms with E-state index in [0.717, 1.165) is 49.8 Å². The van der Waals surface area contributed by atoms with Gasteiger partial charge in [-0.2, -0.15) is 0 Å². The molecular weight excluding hydrogens is 589 g/mol. The number of hydrogen-bond donors (Lipinski definition) is 4. The van der Waals surface area contributed by atoms with Gasteiger partial charge in [-0.05, 0) is 49.9 Å². The van der Waals surface area contributed by atoms with Crippen LogP contribution in [-0.4, -0.2) is 91.2 Å². The molecule has 5 N–H and O–H groups in total. The van der Waals surface area contributed by atoms with E-state index in [-0.39, 0.29) is 35.8 Å². The standard InChI is InChI=1S/C31H36FN13O/c32-21-4-6-24(7-5-21)45-25(3-1-2-10-36-28(26-34-11-12-35-26)43-15-8-22(33)19-43)40-27(41-45)31(46)39-23-9-16-44(20-23)30-29-37-13-17-42(29)18-14-38-30/h2,4-7,10-14,17-18,22-23,25H,1,3,8-9,15-16,19-20,33H2,(H,34,35)(H,39,46)(H,40,41)/b10-2-,36-28?/t22?,23-,25?/m0/s1. The van der Waals surface area contributed by atoms with E-state index in [1.807, 2.05) is 22.9 Å². The van der Waals surface area contributed by atoms with Crippen LogP contribution in [0.4, 0.5) is 15.9 Å². The molecule has 0 aliphatic carbocycles. The largest absolute Gasteiger partial charge is 0.352 e. The number of aromatic amines is 1. The first kappa shape index (κ1) is 29.4. The van der Waals surface area contributed by atoms with E-state index in [2.05, 4.69) is 40.5 Å². The van der Waals surface area contributed by atoms with Crippen LogP contribution in [0, 0.1) is 5.82 Å². The molecule has 0 saturated carbocycles. The molecule has 2 fully saturated rings. The minimum absolute atomic E-state index is 0.0818. The highest BCUT2D eigenvalue weighted by Gasteiger charge is 2.33. The smallest absolute Gasteiger partial charge is 0.288 e. The molecule has 3 aliphatic rings. The van der Waals surface area contributed by atoms with E-state index < -0.39 is 0 Å². The minimum atomic E-state index is -0.386. The van der Waals surface area contributed by atoms with Crippen LogP contribution in [0.3, 0.4) is 0 Å². The minimum Gasteiger partial charge on any atom is -0.352 e. The summed E-state index contributed by atoms with van der Waals surface area (Å²) in [6.45, 7) is 2.91. The topological polar surface area (TPSA) is 160 Å². The Morgan fingerprint density at radius 1 is 1.09 bits per heavy atom. The molecule has 2 saturated heterocycles. The normalized spacial score (nSPS) is 21.9. The number of hydrogen-bond acceptors (Lipinski definition) is 10. The highest BCUT2D eigenvalue weighted by Crippen LogP contribution is 2.24. The highest BCUT2D eigenvalue weighted by atomic mass is 19.1. The van der Waals surface area contributed by atoms with Crippen molar-refractivity contribution in [3.8, 4) is 0 Å². The summed E-state index contributed by atoms with van der Waals surface area (Å²) in [5.41, 5.74) is 10.8. The van der Waals surface area contributed by atoms with E-state index in [1.54, 1.807) is 48.1 Å². The number of benzene rings is 1. The summed E-state index contributed by atoms with van der Waals surface area (Å²) >= 11 is 0. The van der Waals surface area contributed by atoms with Crippen molar-refractivity contribution in [3.63, 3.8) is 0 Å². The van der Waals surface area contributed by atoms with Crippen molar-refractivity contribution in [1.82, 2.24) is 40.0 Å². The molecule has 46 heavy (non-hydrogen) atoms. The van der Waals surface area contributed by atoms with E-state index >= 15 is 0 Å². The number of aliphatic imine (C=N–C) groups is 2. The number of amidine groups is 2. The molecule has 14 nitrogen and oxygen atoms in total. The first-order valence-electron chi connectivity index (χ1n) is 15.5. The number of anilines is 2. The fourth-order valence-electron chi connectivity index (χ4n) is 6.06. The third kappa shape index (κ3) is 6.26. The Bertz CT molecular complexity index is 1750. The molecule has 0 bridgehead atoms. The van der Waals surface area contributed by atoms with Gasteiger partial charge in [0, 0.05) is 81.6 Å². The van der Waals surface area contributed by atoms with E-state index in [1.165, 1.54) is 12.1 Å². The van der Waals surface area contributed by atoms with E-state index in [4.69, 9.17) is 15.7 Å². The molecule has 1 amide bonds. The predicted molar refractivity (Wildman–Crippen MR) is 173 cm³/mol. The van der Waals surface area contributed by atoms with Crippen LogP contribution in [0.15, 0.2) is 83.7 Å². The number of nitrogens with one attached hydrogen (secondary N) is 3. The van der Waals surface area contributed by atoms with Crippen LogP contribution >= 0.6 is 0 Å². The van der Waals surface area contributed by atoms with Crippen LogP contribution in [0.2, 0.25) is 0 Å². The Kier molecular flexibility index (Phi) is 8.29. The van der Waals surface area contributed by atoms with Crippen molar-refractivity contribution >= 4 is 34.7 Å². The van der Waals surface area contributed by atoms with Crippen molar-refractivity contribution in [3.05, 3.63) is 85.4 Å². The molecule has 3 aromatic heterocycles. The number of halogens is 1. The second kappa shape index (κ2) is 13.0. The van der Waals surface area contributed by atoms with Gasteiger partial charge in [0.15, 0.2) is 23.1 Å². The van der Waals surface area contributed by atoms with Crippen LogP contribution in [0.25, 0.3) is 5.65 Å². The number of rotatable bonds is 9. The number of nitrogens with two attached hydrogens (primary N) is 1. The third-order valence-corrected chi connectivity index (χ3v) is 8.37. The number of hydrazine groups is 1. The maximum absolute atomic E-state index is 13.7. The zero-order valence-corrected chi connectivity index (χ0v) is 25.2. The molecule has 15 heteroatoms. The van der Waals surface area contributed by atoms with Crippen LogP contribution in [-0.2, 0) is 4.79 Å². The maximum Gasteiger partial charge on any atom is 0.288 e. The molecule has 3 aliphatic heterocycles. The Balaban J connectivity index is 1.01. The summed E-state index contributed by atoms with van der Waals surface area (Å²) in [6.07, 6.45) is 17.0. The van der Waals surface area contributed by atoms with Crippen molar-refractivity contribution in [2.45, 2.75) is 43.9 Å². The Hall–Kier alpha value is -5.31. The zero-order valence-electron chi connectivity index (χ0n) is 25.2. The van der Waals surface area contributed by atoms with Crippen molar-refractivity contribution < 1.29 is 9.18 Å². The SMILES string of the molecule is NC1CCN(C(=N/C=C\CCC2N=C(C(=O)N[C@H]3CCN(c4nccn5ccnc45)C3)NN2c2ccc(F)cc2)c2ncc[nH]2)C1. The van der Waals surface area contributed by atoms with Gasteiger partial charge in [0.1, 0.15) is 12.0 Å². The Labute approximate surface area is 264 Å². The second-order valence-corrected chi connectivity index (χ2v) is 11.6. The van der Waals surface area contributed by atoms with E-state index in [0.29, 0.717) is 30.9 Å². The maximum atomic E-state index is 13.7. The molecule has 0 spiro atoms. The monoisotopic (exact) mass is 625 g/mol. The number of fused-ring (bicyclic) bond motifs is 1. The summed E-state index contributed by atoms with van der Waals surface area (Å²) in [5, 5.41) is 4.93. The van der Waals surface area contributed by atoms with Crippen LogP contribution in [0.1, 0.15) is 31.5 Å². The summed E-state index contributed by atoms with van der Waals surface area (Å²) < 4.78 is 15.7. The first-order chi connectivity index (χ1) is 22.5. The lowest BCUT2D eigenvalue weighted by Gasteiger charge is -2.25. The fraction of sp³-hybridized carbons (Fsp3) is 0.355. The Morgan fingerprint density at radius 2 is 1.93 bits per heavy atom. The van der Waals surface area contributed by atoms with Crippen molar-refractivity contribution in [1.29, 1.82) is 0 Å². The number of allylic oxidation sites excluding steroid dienone is 1. The van der Waals surface area contributed by atoms with Gasteiger partial charge in [0.2, 0.25) is 5.84 Å². The molecule has 3 atom stereocenters. The van der Waals surface area contributed by atoms with Gasteiger partial charge in [-0.15, -0.1) is 0 Å². The summed E-state index contributed by atoms with van der Waals surface area (Å²) in [7, 11) is 0. The van der Waals surface area contributed by atoms with Crippen molar-refractivity contribution in [2.75, 3.05) is 36.1 Å². The Morgan fingerprint density at radius 3 is 2.72 bits per heavy atom. The number of carbonyl (C=O) groups is 1. The molecule has 4 aromatic rings. The van der Waals surface area contributed by atoms with Gasteiger partial charge >= 0.3 is 0 Å². The van der Waals surface area contributed by atoms with E-state index in [9.17, 15) is 9.18 Å². The highest BCUT2D eigenvalue weighted by molar-refractivity contribution is 6.38. The van der Waals surface area contributed by atoms with Gasteiger partial charge in [0.05, 0.1) is 5.69 Å². The van der Waals surface area contributed by atoms with Gasteiger partial charge in [0.25, 0.3) is 5.91 Å². The summed E-state index contributed by atoms with van der Waals surface area (Å²) in [5.74, 6) is 1.83. The number of aromatic nitrogens is 5. The quantitative estimate of drug-likeness (QED) is 0.161. The molecule has 0 radical (unpaired) electrons. The summed E-state index contributed by atoms with van der Waals surface area (Å²) in [6, 6.07) is 6.15. The second-order valence-electron chi connectivity index (χ2n) is 11.6. The molecule has 238 valence electrons. The average Bonchev–Trinajstić information content (AvgIpc) is 3.90. The fourth-order valence-corrected chi connectivity index (χ4v) is 6.06. The molecule has 2 unspecified atom stereocenters. The van der Waals surface area contributed by atoms with Gasteiger partial charge in [-0.1, -0.05) is 6.08 Å². The lowest BCUT2D eigenvalue weighted by Crippen LogP contribution is -2.48. The van der Waals surface area contributed by atoms with Gasteiger partial charge < -0.3 is 30.2 Å². The number of H-pyrrole nitrogens is 1. The van der Waals surface area contributed by atoms with Crippen molar-refractivity contribution in [2.24, 2.45) is 15.7 Å². The number of nitrogens with zero attached hydrogens (tertiary/aromatic N) is 9. The van der Waals surface area contributed by atoms with Gasteiger partial charge in [-0.3, -0.25) is 15.2 Å². The molecule has 1 aromatic carbocycles. The molecular formula is C31H36FN13O. The zero-order chi connectivity index (χ0) is 31.5. The lowest BCUT2D eigenvalue weighted by atomic mass is 10.2. The lowest BCUT2D eigenvalue weighted by molar-refractivity contribution is -0.115. The molecule has 6 heterocycles.